The van der Waals surface area contributed by atoms with Crippen LogP contribution in [-0.2, 0) is 11.3 Å². The van der Waals surface area contributed by atoms with Gasteiger partial charge in [0.2, 0.25) is 0 Å². The highest BCUT2D eigenvalue weighted by Crippen LogP contribution is 2.50. The third-order valence-electron chi connectivity index (χ3n) is 7.19. The van der Waals surface area contributed by atoms with Crippen LogP contribution in [0.5, 0.6) is 0 Å². The Hall–Kier alpha value is -2.53. The van der Waals surface area contributed by atoms with Gasteiger partial charge in [-0.3, -0.25) is 4.90 Å². The summed E-state index contributed by atoms with van der Waals surface area (Å²) in [7, 11) is 0. The van der Waals surface area contributed by atoms with Gasteiger partial charge in [0.15, 0.2) is 0 Å². The number of piperidine rings is 1. The van der Waals surface area contributed by atoms with E-state index in [-0.39, 0.29) is 12.1 Å². The number of anilines is 1. The molecule has 2 aromatic carbocycles. The number of rotatable bonds is 5. The SMILES string of the molecule is CCCN1CCN(c2ccc3c(c2)C2C[C@@H]3CCN2C(=O)OCc2ccccc2)CC1. The molecule has 0 spiro atoms. The van der Waals surface area contributed by atoms with Crippen LogP contribution in [0.2, 0.25) is 0 Å². The Morgan fingerprint density at radius 1 is 1.00 bits per heavy atom. The molecule has 0 radical (unpaired) electrons. The Balaban J connectivity index is 1.28. The maximum atomic E-state index is 12.9. The van der Waals surface area contributed by atoms with Gasteiger partial charge in [-0.1, -0.05) is 43.3 Å². The number of likely N-dealkylation sites (tertiary alicyclic amines) is 1. The molecule has 2 fully saturated rings. The fraction of sp³-hybridized carbons (Fsp3) is 0.500. The second-order valence-electron chi connectivity index (χ2n) is 9.11. The molecule has 3 aliphatic rings. The topological polar surface area (TPSA) is 36.0 Å². The first-order chi connectivity index (χ1) is 15.2. The van der Waals surface area contributed by atoms with E-state index in [0.29, 0.717) is 12.5 Å². The molecule has 5 rings (SSSR count). The van der Waals surface area contributed by atoms with Crippen LogP contribution in [0, 0.1) is 0 Å². The normalized spacial score (nSPS) is 23.0. The molecule has 1 aliphatic carbocycles. The van der Waals surface area contributed by atoms with Gasteiger partial charge >= 0.3 is 6.09 Å². The number of nitrogens with zero attached hydrogens (tertiary/aromatic N) is 3. The van der Waals surface area contributed by atoms with Gasteiger partial charge in [-0.15, -0.1) is 0 Å². The molecule has 2 saturated heterocycles. The zero-order valence-electron chi connectivity index (χ0n) is 18.5. The van der Waals surface area contributed by atoms with Crippen molar-refractivity contribution in [2.24, 2.45) is 0 Å². The first-order valence-corrected chi connectivity index (χ1v) is 11.8. The lowest BCUT2D eigenvalue weighted by Crippen LogP contribution is -2.46. The van der Waals surface area contributed by atoms with Crippen LogP contribution in [-0.4, -0.2) is 55.2 Å². The summed E-state index contributed by atoms with van der Waals surface area (Å²) in [5, 5.41) is 0. The molecule has 2 heterocycles. The van der Waals surface area contributed by atoms with Crippen molar-refractivity contribution in [1.29, 1.82) is 0 Å². The second kappa shape index (κ2) is 8.91. The largest absolute Gasteiger partial charge is 0.445 e. The van der Waals surface area contributed by atoms with Crippen molar-refractivity contribution in [3.05, 3.63) is 65.2 Å². The summed E-state index contributed by atoms with van der Waals surface area (Å²) in [4.78, 5) is 20.0. The molecule has 31 heavy (non-hydrogen) atoms. The number of carbonyl (C=O) groups is 1. The predicted octanol–water partition coefficient (Wildman–Crippen LogP) is 4.79. The van der Waals surface area contributed by atoms with Crippen LogP contribution in [0.3, 0.4) is 0 Å². The summed E-state index contributed by atoms with van der Waals surface area (Å²) >= 11 is 0. The van der Waals surface area contributed by atoms with Crippen molar-refractivity contribution in [1.82, 2.24) is 9.80 Å². The first kappa shape index (κ1) is 20.4. The second-order valence-corrected chi connectivity index (χ2v) is 9.11. The van der Waals surface area contributed by atoms with Gasteiger partial charge in [0.25, 0.3) is 0 Å². The minimum absolute atomic E-state index is 0.151. The Morgan fingerprint density at radius 3 is 2.58 bits per heavy atom. The molecule has 1 unspecified atom stereocenters. The number of benzene rings is 2. The average molecular weight is 420 g/mol. The van der Waals surface area contributed by atoms with Crippen molar-refractivity contribution >= 4 is 11.8 Å². The van der Waals surface area contributed by atoms with Gasteiger partial charge < -0.3 is 14.5 Å². The van der Waals surface area contributed by atoms with E-state index in [9.17, 15) is 4.79 Å². The summed E-state index contributed by atoms with van der Waals surface area (Å²) in [5.74, 6) is 0.577. The van der Waals surface area contributed by atoms with Gasteiger partial charge in [-0.25, -0.2) is 4.79 Å². The summed E-state index contributed by atoms with van der Waals surface area (Å²) in [6, 6.07) is 17.1. The number of fused-ring (bicyclic) bond motifs is 5. The third-order valence-corrected chi connectivity index (χ3v) is 7.19. The molecule has 0 saturated carbocycles. The molecule has 2 aromatic rings. The fourth-order valence-electron chi connectivity index (χ4n) is 5.53. The van der Waals surface area contributed by atoms with Crippen LogP contribution in [0.4, 0.5) is 10.5 Å². The Bertz CT molecular complexity index is 908. The van der Waals surface area contributed by atoms with E-state index < -0.39 is 0 Å². The molecule has 5 nitrogen and oxygen atoms in total. The quantitative estimate of drug-likeness (QED) is 0.698. The van der Waals surface area contributed by atoms with E-state index in [4.69, 9.17) is 4.74 Å². The average Bonchev–Trinajstić information content (AvgIpc) is 3.10. The lowest BCUT2D eigenvalue weighted by atomic mass is 9.96. The third kappa shape index (κ3) is 4.16. The molecular weight excluding hydrogens is 386 g/mol. The standard InChI is InChI=1S/C26H33N3O2/c1-2-11-27-13-15-28(16-14-27)22-8-9-23-21-10-12-29(25(17-21)24(23)18-22)26(30)31-19-20-6-4-3-5-7-20/h3-9,18,21,25H,2,10-17,19H2,1H3/t21-,25?/m0/s1. The number of piperazine rings is 1. The van der Waals surface area contributed by atoms with Gasteiger partial charge in [-0.2, -0.15) is 0 Å². The fourth-order valence-corrected chi connectivity index (χ4v) is 5.53. The van der Waals surface area contributed by atoms with Crippen LogP contribution >= 0.6 is 0 Å². The zero-order chi connectivity index (χ0) is 21.2. The molecule has 2 atom stereocenters. The monoisotopic (exact) mass is 419 g/mol. The van der Waals surface area contributed by atoms with Crippen LogP contribution in [0.1, 0.15) is 54.8 Å². The number of hydrogen-bond donors (Lipinski definition) is 0. The van der Waals surface area contributed by atoms with Crippen LogP contribution in [0.15, 0.2) is 48.5 Å². The molecule has 2 aliphatic heterocycles. The van der Waals surface area contributed by atoms with Crippen molar-refractivity contribution in [3.63, 3.8) is 0 Å². The maximum Gasteiger partial charge on any atom is 0.410 e. The van der Waals surface area contributed by atoms with Crippen LogP contribution in [0.25, 0.3) is 0 Å². The summed E-state index contributed by atoms with van der Waals surface area (Å²) in [6.07, 6.45) is 3.10. The molecule has 1 amide bonds. The summed E-state index contributed by atoms with van der Waals surface area (Å²) < 4.78 is 5.69. The van der Waals surface area contributed by atoms with Crippen molar-refractivity contribution < 1.29 is 9.53 Å². The Kier molecular flexibility index (Phi) is 5.86. The van der Waals surface area contributed by atoms with E-state index in [1.54, 1.807) is 0 Å². The van der Waals surface area contributed by atoms with Crippen molar-refractivity contribution in [2.45, 2.75) is 44.8 Å². The van der Waals surface area contributed by atoms with E-state index >= 15 is 0 Å². The molecule has 2 bridgehead atoms. The minimum atomic E-state index is -0.182. The van der Waals surface area contributed by atoms with Gasteiger partial charge in [0.05, 0.1) is 6.04 Å². The van der Waals surface area contributed by atoms with Gasteiger partial charge in [0, 0.05) is 38.4 Å². The Labute approximate surface area is 185 Å². The highest BCUT2D eigenvalue weighted by molar-refractivity contribution is 5.70. The molecule has 164 valence electrons. The van der Waals surface area contributed by atoms with Gasteiger partial charge in [-0.05, 0) is 60.5 Å². The lowest BCUT2D eigenvalue weighted by molar-refractivity contribution is 0.0694. The van der Waals surface area contributed by atoms with Crippen LogP contribution < -0.4 is 4.90 Å². The highest BCUT2D eigenvalue weighted by atomic mass is 16.6. The summed E-state index contributed by atoms with van der Waals surface area (Å²) in [5.41, 5.74) is 5.12. The zero-order valence-corrected chi connectivity index (χ0v) is 18.5. The first-order valence-electron chi connectivity index (χ1n) is 11.8. The lowest BCUT2D eigenvalue weighted by Gasteiger charge is -2.36. The predicted molar refractivity (Wildman–Crippen MR) is 123 cm³/mol. The Morgan fingerprint density at radius 2 is 1.81 bits per heavy atom. The summed E-state index contributed by atoms with van der Waals surface area (Å²) in [6.45, 7) is 8.99. The molecule has 0 aromatic heterocycles. The smallest absolute Gasteiger partial charge is 0.410 e. The molecular formula is C26H33N3O2. The number of ether oxygens (including phenoxy) is 1. The van der Waals surface area contributed by atoms with Crippen molar-refractivity contribution in [3.8, 4) is 0 Å². The maximum absolute atomic E-state index is 12.9. The van der Waals surface area contributed by atoms with Crippen molar-refractivity contribution in [2.75, 3.05) is 44.2 Å². The molecule has 0 N–H and O–H groups in total. The number of carbonyl (C=O) groups excluding carboxylic acids is 1. The highest BCUT2D eigenvalue weighted by Gasteiger charge is 2.41. The number of amides is 1. The minimum Gasteiger partial charge on any atom is -0.445 e. The van der Waals surface area contributed by atoms with E-state index in [1.165, 1.54) is 29.8 Å². The van der Waals surface area contributed by atoms with E-state index in [0.717, 1.165) is 51.1 Å². The number of hydrogen-bond acceptors (Lipinski definition) is 4. The molecule has 5 heteroatoms. The van der Waals surface area contributed by atoms with E-state index in [2.05, 4.69) is 34.9 Å². The van der Waals surface area contributed by atoms with E-state index in [1.807, 2.05) is 35.2 Å². The van der Waals surface area contributed by atoms with Gasteiger partial charge in [0.1, 0.15) is 6.61 Å².